The Bertz CT molecular complexity index is 1230. The summed E-state index contributed by atoms with van der Waals surface area (Å²) in [5.41, 5.74) is 1.88. The summed E-state index contributed by atoms with van der Waals surface area (Å²) in [7, 11) is -5.71. The smallest absolute Gasteiger partial charge is 0.423 e. The molecule has 0 amide bonds. The number of aromatic nitrogens is 1. The Balaban J connectivity index is 2.18. The van der Waals surface area contributed by atoms with Gasteiger partial charge in [0.15, 0.2) is 0 Å². The van der Waals surface area contributed by atoms with Gasteiger partial charge in [-0.15, -0.1) is 0 Å². The summed E-state index contributed by atoms with van der Waals surface area (Å²) in [6, 6.07) is 18.7. The van der Waals surface area contributed by atoms with Gasteiger partial charge in [-0.25, -0.2) is 12.4 Å². The van der Waals surface area contributed by atoms with Crippen molar-refractivity contribution in [3.63, 3.8) is 0 Å². The summed E-state index contributed by atoms with van der Waals surface area (Å²) >= 11 is 0. The third kappa shape index (κ3) is 2.44. The Labute approximate surface area is 151 Å². The molecule has 26 heavy (non-hydrogen) atoms. The number of hydrogen-bond donors (Lipinski definition) is 2. The van der Waals surface area contributed by atoms with Gasteiger partial charge in [0, 0.05) is 16.2 Å². The fourth-order valence-electron chi connectivity index (χ4n) is 3.28. The quantitative estimate of drug-likeness (QED) is 0.545. The summed E-state index contributed by atoms with van der Waals surface area (Å²) in [5.74, 6) is 0. The van der Waals surface area contributed by atoms with Crippen molar-refractivity contribution >= 4 is 44.4 Å². The van der Waals surface area contributed by atoms with Crippen molar-refractivity contribution in [3.05, 3.63) is 72.3 Å². The highest BCUT2D eigenvalue weighted by Crippen LogP contribution is 2.31. The maximum absolute atomic E-state index is 13.4. The van der Waals surface area contributed by atoms with Gasteiger partial charge in [0.2, 0.25) is 0 Å². The number of hydrogen-bond acceptors (Lipinski definition) is 4. The van der Waals surface area contributed by atoms with E-state index in [0.717, 1.165) is 10.9 Å². The summed E-state index contributed by atoms with van der Waals surface area (Å²) < 4.78 is 28.0. The first-order valence-corrected chi connectivity index (χ1v) is 9.56. The summed E-state index contributed by atoms with van der Waals surface area (Å²) in [6.07, 6.45) is 0. The average Bonchev–Trinajstić information content (AvgIpc) is 2.97. The second kappa shape index (κ2) is 5.98. The van der Waals surface area contributed by atoms with E-state index in [9.17, 15) is 18.5 Å². The van der Waals surface area contributed by atoms with Gasteiger partial charge in [0.05, 0.1) is 15.9 Å². The normalized spacial score (nSPS) is 12.0. The highest BCUT2D eigenvalue weighted by molar-refractivity contribution is 7.90. The Kier molecular flexibility index (Phi) is 3.88. The number of benzene rings is 3. The molecule has 0 aliphatic carbocycles. The molecule has 0 aliphatic rings. The van der Waals surface area contributed by atoms with Crippen molar-refractivity contribution in [2.45, 2.75) is 11.8 Å². The highest BCUT2D eigenvalue weighted by Gasteiger charge is 2.27. The lowest BCUT2D eigenvalue weighted by Gasteiger charge is -2.12. The van der Waals surface area contributed by atoms with Crippen molar-refractivity contribution in [3.8, 4) is 0 Å². The monoisotopic (exact) mass is 365 g/mol. The zero-order valence-electron chi connectivity index (χ0n) is 14.0. The molecule has 4 aromatic rings. The molecule has 1 heterocycles. The van der Waals surface area contributed by atoms with Crippen molar-refractivity contribution in [1.29, 1.82) is 0 Å². The molecule has 0 spiro atoms. The molecule has 5 nitrogen and oxygen atoms in total. The van der Waals surface area contributed by atoms with E-state index in [-0.39, 0.29) is 15.9 Å². The third-order valence-corrected chi connectivity index (χ3v) is 6.25. The maximum atomic E-state index is 13.4. The molecule has 0 bridgehead atoms. The minimum atomic E-state index is -3.93. The molecule has 4 rings (SSSR count). The SMILES string of the molecule is Cc1ccc(S(=O)(=O)n2c3ccccc3c3cccc(B(O)O)c32)cc1. The van der Waals surface area contributed by atoms with Gasteiger partial charge in [-0.05, 0) is 25.1 Å². The fraction of sp³-hybridized carbons (Fsp3) is 0.0526. The van der Waals surface area contributed by atoms with Crippen LogP contribution in [0.5, 0.6) is 0 Å². The van der Waals surface area contributed by atoms with Crippen LogP contribution in [0.2, 0.25) is 0 Å². The zero-order chi connectivity index (χ0) is 18.5. The molecular weight excluding hydrogens is 349 g/mol. The molecule has 0 aliphatic heterocycles. The number of aryl methyl sites for hydroxylation is 1. The standard InChI is InChI=1S/C19H16BNO4S/c1-13-9-11-14(12-10-13)26(24,25)21-18-8-3-2-5-15(18)16-6-4-7-17(19(16)21)20(22)23/h2-12,22-23H,1H3. The van der Waals surface area contributed by atoms with Crippen LogP contribution in [0, 0.1) is 6.92 Å². The lowest BCUT2D eigenvalue weighted by molar-refractivity contribution is 0.426. The Hall–Kier alpha value is -2.61. The van der Waals surface area contributed by atoms with Gasteiger partial charge in [0.25, 0.3) is 10.0 Å². The molecule has 3 aromatic carbocycles. The van der Waals surface area contributed by atoms with E-state index >= 15 is 0 Å². The molecule has 1 aromatic heterocycles. The molecule has 0 radical (unpaired) electrons. The first kappa shape index (κ1) is 16.8. The van der Waals surface area contributed by atoms with Gasteiger partial charge in [0.1, 0.15) is 0 Å². The van der Waals surface area contributed by atoms with Crippen LogP contribution >= 0.6 is 0 Å². The number of para-hydroxylation sites is 2. The van der Waals surface area contributed by atoms with Gasteiger partial charge in [-0.1, -0.05) is 54.1 Å². The molecule has 0 atom stereocenters. The third-order valence-electron chi connectivity index (χ3n) is 4.52. The minimum Gasteiger partial charge on any atom is -0.423 e. The van der Waals surface area contributed by atoms with Crippen LogP contribution in [0.15, 0.2) is 71.6 Å². The molecule has 0 fully saturated rings. The number of nitrogens with zero attached hydrogens (tertiary/aromatic N) is 1. The summed E-state index contributed by atoms with van der Waals surface area (Å²) in [6.45, 7) is 1.89. The second-order valence-corrected chi connectivity index (χ2v) is 8.00. The van der Waals surface area contributed by atoms with E-state index in [1.807, 2.05) is 19.1 Å². The topological polar surface area (TPSA) is 79.5 Å². The first-order valence-electron chi connectivity index (χ1n) is 8.12. The van der Waals surface area contributed by atoms with Gasteiger partial charge in [-0.2, -0.15) is 0 Å². The van der Waals surface area contributed by atoms with Crippen LogP contribution in [-0.4, -0.2) is 29.6 Å². The Morgan fingerprint density at radius 3 is 2.19 bits per heavy atom. The second-order valence-electron chi connectivity index (χ2n) is 6.22. The summed E-state index contributed by atoms with van der Waals surface area (Å²) in [4.78, 5) is 0.146. The van der Waals surface area contributed by atoms with Crippen molar-refractivity contribution < 1.29 is 18.5 Å². The van der Waals surface area contributed by atoms with Crippen LogP contribution in [0.1, 0.15) is 5.56 Å². The van der Waals surface area contributed by atoms with E-state index in [0.29, 0.717) is 10.9 Å². The van der Waals surface area contributed by atoms with Gasteiger partial charge >= 0.3 is 7.12 Å². The molecule has 0 unspecified atom stereocenters. The Morgan fingerprint density at radius 1 is 0.846 bits per heavy atom. The highest BCUT2D eigenvalue weighted by atomic mass is 32.2. The number of rotatable bonds is 3. The van der Waals surface area contributed by atoms with E-state index < -0.39 is 17.1 Å². The van der Waals surface area contributed by atoms with Crippen LogP contribution < -0.4 is 5.46 Å². The molecule has 7 heteroatoms. The maximum Gasteiger partial charge on any atom is 0.490 e. The summed E-state index contributed by atoms with van der Waals surface area (Å²) in [5, 5.41) is 21.0. The van der Waals surface area contributed by atoms with Crippen LogP contribution in [0.3, 0.4) is 0 Å². The molecule has 2 N–H and O–H groups in total. The van der Waals surface area contributed by atoms with Crippen molar-refractivity contribution in [2.75, 3.05) is 0 Å². The van der Waals surface area contributed by atoms with Crippen LogP contribution in [-0.2, 0) is 10.0 Å². The van der Waals surface area contributed by atoms with Crippen molar-refractivity contribution in [1.82, 2.24) is 3.97 Å². The van der Waals surface area contributed by atoms with Gasteiger partial charge < -0.3 is 10.0 Å². The zero-order valence-corrected chi connectivity index (χ0v) is 14.8. The van der Waals surface area contributed by atoms with E-state index in [1.165, 1.54) is 10.0 Å². The lowest BCUT2D eigenvalue weighted by atomic mass is 9.79. The predicted molar refractivity (Wildman–Crippen MR) is 103 cm³/mol. The largest absolute Gasteiger partial charge is 0.490 e. The van der Waals surface area contributed by atoms with E-state index in [4.69, 9.17) is 0 Å². The fourth-order valence-corrected chi connectivity index (χ4v) is 4.83. The number of fused-ring (bicyclic) bond motifs is 3. The van der Waals surface area contributed by atoms with Crippen molar-refractivity contribution in [2.24, 2.45) is 0 Å². The van der Waals surface area contributed by atoms with Gasteiger partial charge in [-0.3, -0.25) is 0 Å². The lowest BCUT2D eigenvalue weighted by Crippen LogP contribution is -2.32. The van der Waals surface area contributed by atoms with Crippen LogP contribution in [0.4, 0.5) is 0 Å². The molecule has 0 saturated carbocycles. The van der Waals surface area contributed by atoms with E-state index in [2.05, 4.69) is 0 Å². The average molecular weight is 365 g/mol. The van der Waals surface area contributed by atoms with Crippen LogP contribution in [0.25, 0.3) is 21.8 Å². The van der Waals surface area contributed by atoms with E-state index in [1.54, 1.807) is 48.5 Å². The Morgan fingerprint density at radius 2 is 1.50 bits per heavy atom. The molecular formula is C19H16BNO4S. The molecule has 0 saturated heterocycles. The molecule has 130 valence electrons. The first-order chi connectivity index (χ1) is 12.4. The minimum absolute atomic E-state index is 0.146. The predicted octanol–water partition coefficient (Wildman–Crippen LogP) is 2.02.